The lowest BCUT2D eigenvalue weighted by Gasteiger charge is -2.28. The number of ether oxygens (including phenoxy) is 1. The maximum Gasteiger partial charge on any atom is 0.269 e. The highest BCUT2D eigenvalue weighted by Crippen LogP contribution is 2.35. The number of benzene rings is 2. The van der Waals surface area contributed by atoms with Crippen molar-refractivity contribution in [3.05, 3.63) is 70.9 Å². The molecule has 23 heavy (non-hydrogen) atoms. The minimum Gasteiger partial charge on any atom is -0.501 e. The van der Waals surface area contributed by atoms with Gasteiger partial charge in [-0.25, -0.2) is 4.90 Å². The van der Waals surface area contributed by atoms with Gasteiger partial charge in [0.25, 0.3) is 11.8 Å². The molecular weight excluding hydrogens is 314 g/mol. The van der Waals surface area contributed by atoms with Gasteiger partial charge in [-0.15, -0.1) is 0 Å². The van der Waals surface area contributed by atoms with Gasteiger partial charge in [0.2, 0.25) is 0 Å². The maximum absolute atomic E-state index is 12.9. The largest absolute Gasteiger partial charge is 0.501 e. The smallest absolute Gasteiger partial charge is 0.269 e. The summed E-state index contributed by atoms with van der Waals surface area (Å²) in [5, 5.41) is 0.337. The molecule has 0 aliphatic carbocycles. The van der Waals surface area contributed by atoms with Crippen LogP contribution in [0.1, 0.15) is 22.8 Å². The molecule has 1 aliphatic heterocycles. The zero-order chi connectivity index (χ0) is 16.4. The van der Waals surface area contributed by atoms with Gasteiger partial charge in [0.05, 0.1) is 29.2 Å². The lowest BCUT2D eigenvalue weighted by molar-refractivity contribution is -0.113. The van der Waals surface area contributed by atoms with E-state index >= 15 is 0 Å². The molecule has 4 nitrogen and oxygen atoms in total. The van der Waals surface area contributed by atoms with E-state index < -0.39 is 11.8 Å². The number of amides is 2. The third-order valence-electron chi connectivity index (χ3n) is 3.55. The summed E-state index contributed by atoms with van der Waals surface area (Å²) in [5.41, 5.74) is 1.71. The number of imide groups is 1. The maximum atomic E-state index is 12.9. The van der Waals surface area contributed by atoms with E-state index in [1.54, 1.807) is 48.5 Å². The lowest BCUT2D eigenvalue weighted by atomic mass is 9.94. The first kappa shape index (κ1) is 15.3. The normalized spacial score (nSPS) is 15.7. The Morgan fingerprint density at radius 3 is 2.35 bits per heavy atom. The Balaban J connectivity index is 2.19. The Kier molecular flexibility index (Phi) is 4.17. The van der Waals surface area contributed by atoms with Crippen LogP contribution >= 0.6 is 11.6 Å². The molecule has 1 heterocycles. The van der Waals surface area contributed by atoms with Crippen LogP contribution in [0, 0.1) is 0 Å². The van der Waals surface area contributed by atoms with E-state index in [-0.39, 0.29) is 0 Å². The molecule has 3 rings (SSSR count). The van der Waals surface area contributed by atoms with Crippen molar-refractivity contribution in [3.8, 4) is 0 Å². The predicted molar refractivity (Wildman–Crippen MR) is 89.3 cm³/mol. The van der Waals surface area contributed by atoms with Gasteiger partial charge < -0.3 is 4.74 Å². The molecule has 2 amide bonds. The number of para-hydroxylation sites is 1. The molecule has 0 fully saturated rings. The van der Waals surface area contributed by atoms with Crippen LogP contribution in [-0.2, 0) is 9.53 Å². The SMILES string of the molecule is CCOC=C1C(=O)N(c2ccccc2Cl)C(=O)c2ccccc21. The lowest BCUT2D eigenvalue weighted by Crippen LogP contribution is -2.42. The van der Waals surface area contributed by atoms with Gasteiger partial charge in [-0.2, -0.15) is 0 Å². The number of anilines is 1. The molecule has 0 atom stereocenters. The third-order valence-corrected chi connectivity index (χ3v) is 3.87. The monoisotopic (exact) mass is 327 g/mol. The summed E-state index contributed by atoms with van der Waals surface area (Å²) < 4.78 is 5.30. The van der Waals surface area contributed by atoms with Crippen molar-refractivity contribution < 1.29 is 14.3 Å². The van der Waals surface area contributed by atoms with Crippen LogP contribution in [0.2, 0.25) is 5.02 Å². The summed E-state index contributed by atoms with van der Waals surface area (Å²) >= 11 is 6.17. The van der Waals surface area contributed by atoms with Gasteiger partial charge in [-0.05, 0) is 25.1 Å². The van der Waals surface area contributed by atoms with Crippen molar-refractivity contribution in [2.75, 3.05) is 11.5 Å². The molecule has 5 heteroatoms. The first-order chi connectivity index (χ1) is 11.1. The zero-order valence-electron chi connectivity index (χ0n) is 12.5. The van der Waals surface area contributed by atoms with E-state index in [0.717, 1.165) is 4.90 Å². The quantitative estimate of drug-likeness (QED) is 0.488. The first-order valence-corrected chi connectivity index (χ1v) is 7.57. The fraction of sp³-hybridized carbons (Fsp3) is 0.111. The summed E-state index contributed by atoms with van der Waals surface area (Å²) in [6.45, 7) is 2.26. The Hall–Kier alpha value is -2.59. The van der Waals surface area contributed by atoms with Gasteiger partial charge >= 0.3 is 0 Å². The molecule has 2 aromatic rings. The second-order valence-corrected chi connectivity index (χ2v) is 5.34. The highest BCUT2D eigenvalue weighted by Gasteiger charge is 2.36. The van der Waals surface area contributed by atoms with E-state index in [4.69, 9.17) is 16.3 Å². The standard InChI is InChI=1S/C18H14ClNO3/c1-2-23-11-14-12-7-3-4-8-13(12)17(21)20(18(14)22)16-10-6-5-9-15(16)19/h3-11H,2H2,1H3. The molecule has 0 saturated carbocycles. The average molecular weight is 328 g/mol. The summed E-state index contributed by atoms with van der Waals surface area (Å²) in [7, 11) is 0. The number of hydrogen-bond donors (Lipinski definition) is 0. The van der Waals surface area contributed by atoms with E-state index in [1.807, 2.05) is 6.92 Å². The van der Waals surface area contributed by atoms with E-state index in [9.17, 15) is 9.59 Å². The average Bonchev–Trinajstić information content (AvgIpc) is 2.57. The van der Waals surface area contributed by atoms with Gasteiger partial charge in [0, 0.05) is 11.1 Å². The summed E-state index contributed by atoms with van der Waals surface area (Å²) in [6.07, 6.45) is 1.40. The first-order valence-electron chi connectivity index (χ1n) is 7.19. The number of halogens is 1. The van der Waals surface area contributed by atoms with Crippen LogP contribution in [0.3, 0.4) is 0 Å². The number of carbonyl (C=O) groups is 2. The Bertz CT molecular complexity index is 813. The van der Waals surface area contributed by atoms with Crippen LogP contribution in [0.5, 0.6) is 0 Å². The minimum absolute atomic E-state index is 0.335. The zero-order valence-corrected chi connectivity index (χ0v) is 13.2. The molecule has 116 valence electrons. The number of rotatable bonds is 3. The Labute approximate surface area is 138 Å². The number of carbonyl (C=O) groups excluding carboxylic acids is 2. The summed E-state index contributed by atoms with van der Waals surface area (Å²) in [6, 6.07) is 13.7. The van der Waals surface area contributed by atoms with E-state index in [0.29, 0.717) is 34.0 Å². The molecule has 0 aromatic heterocycles. The molecule has 1 aliphatic rings. The number of fused-ring (bicyclic) bond motifs is 1. The molecule has 0 radical (unpaired) electrons. The molecule has 0 unspecified atom stereocenters. The van der Waals surface area contributed by atoms with Gasteiger partial charge in [-0.1, -0.05) is 41.9 Å². The van der Waals surface area contributed by atoms with Crippen molar-refractivity contribution in [2.45, 2.75) is 6.92 Å². The molecule has 0 saturated heterocycles. The predicted octanol–water partition coefficient (Wildman–Crippen LogP) is 3.90. The second kappa shape index (κ2) is 6.26. The molecule has 0 spiro atoms. The van der Waals surface area contributed by atoms with Crippen LogP contribution in [0.25, 0.3) is 5.57 Å². The van der Waals surface area contributed by atoms with Gasteiger partial charge in [0.15, 0.2) is 0 Å². The Morgan fingerprint density at radius 2 is 1.65 bits per heavy atom. The number of hydrogen-bond acceptors (Lipinski definition) is 3. The van der Waals surface area contributed by atoms with Crippen molar-refractivity contribution >= 4 is 34.7 Å². The van der Waals surface area contributed by atoms with Crippen molar-refractivity contribution in [2.24, 2.45) is 0 Å². The van der Waals surface area contributed by atoms with Crippen LogP contribution in [0.15, 0.2) is 54.8 Å². The molecule has 2 aromatic carbocycles. The molecule has 0 bridgehead atoms. The van der Waals surface area contributed by atoms with E-state index in [2.05, 4.69) is 0 Å². The third kappa shape index (κ3) is 2.62. The Morgan fingerprint density at radius 1 is 1.00 bits per heavy atom. The number of nitrogens with zero attached hydrogens (tertiary/aromatic N) is 1. The van der Waals surface area contributed by atoms with Crippen LogP contribution in [-0.4, -0.2) is 18.4 Å². The fourth-order valence-electron chi connectivity index (χ4n) is 2.49. The fourth-order valence-corrected chi connectivity index (χ4v) is 2.71. The van der Waals surface area contributed by atoms with Gasteiger partial charge in [-0.3, -0.25) is 9.59 Å². The van der Waals surface area contributed by atoms with Crippen LogP contribution in [0.4, 0.5) is 5.69 Å². The summed E-state index contributed by atoms with van der Waals surface area (Å²) in [4.78, 5) is 26.7. The molecular formula is C18H14ClNO3. The summed E-state index contributed by atoms with van der Waals surface area (Å²) in [5.74, 6) is -0.845. The van der Waals surface area contributed by atoms with Crippen molar-refractivity contribution in [1.29, 1.82) is 0 Å². The topological polar surface area (TPSA) is 46.6 Å². The van der Waals surface area contributed by atoms with Crippen molar-refractivity contribution in [3.63, 3.8) is 0 Å². The van der Waals surface area contributed by atoms with Crippen LogP contribution < -0.4 is 4.90 Å². The highest BCUT2D eigenvalue weighted by molar-refractivity contribution is 6.43. The second-order valence-electron chi connectivity index (χ2n) is 4.93. The van der Waals surface area contributed by atoms with Gasteiger partial charge in [0.1, 0.15) is 0 Å². The van der Waals surface area contributed by atoms with Crippen molar-refractivity contribution in [1.82, 2.24) is 0 Å². The minimum atomic E-state index is -0.449. The highest BCUT2D eigenvalue weighted by atomic mass is 35.5. The molecule has 0 N–H and O–H groups in total. The van der Waals surface area contributed by atoms with E-state index in [1.165, 1.54) is 6.26 Å².